The van der Waals surface area contributed by atoms with Crippen molar-refractivity contribution in [2.24, 2.45) is 5.73 Å². The fraction of sp³-hybridized carbons (Fsp3) is 0.0625. The van der Waals surface area contributed by atoms with Crippen molar-refractivity contribution in [1.29, 1.82) is 0 Å². The lowest BCUT2D eigenvalue weighted by molar-refractivity contribution is 0.104. The Labute approximate surface area is 116 Å². The van der Waals surface area contributed by atoms with Crippen molar-refractivity contribution in [3.05, 3.63) is 70.1 Å². The van der Waals surface area contributed by atoms with Crippen molar-refractivity contribution < 1.29 is 4.79 Å². The molecule has 0 radical (unpaired) electrons. The number of nitrogens with two attached hydrogens (primary N) is 1. The highest BCUT2D eigenvalue weighted by atomic mass is 32.2. The second-order valence-corrected chi connectivity index (χ2v) is 5.59. The first-order chi connectivity index (χ1) is 9.16. The number of allylic oxidation sites excluding steroid dienone is 1. The zero-order valence-corrected chi connectivity index (χ0v) is 11.3. The first-order valence-electron chi connectivity index (χ1n) is 6.05. The third kappa shape index (κ3) is 2.06. The molecule has 2 N–H and O–H groups in total. The summed E-state index contributed by atoms with van der Waals surface area (Å²) in [6.45, 7) is 2.01. The minimum atomic E-state index is 0.0274. The largest absolute Gasteiger partial charge is 0.397 e. The average molecular weight is 267 g/mol. The Bertz CT molecular complexity index is 703. The van der Waals surface area contributed by atoms with Crippen molar-refractivity contribution in [1.82, 2.24) is 0 Å². The van der Waals surface area contributed by atoms with E-state index in [9.17, 15) is 4.79 Å². The van der Waals surface area contributed by atoms with Crippen molar-refractivity contribution in [3.8, 4) is 0 Å². The van der Waals surface area contributed by atoms with E-state index in [0.717, 1.165) is 21.6 Å². The van der Waals surface area contributed by atoms with Crippen molar-refractivity contribution in [3.63, 3.8) is 0 Å². The molecule has 0 spiro atoms. The Kier molecular flexibility index (Phi) is 2.91. The summed E-state index contributed by atoms with van der Waals surface area (Å²) in [5, 5.41) is 0. The number of thioether (sulfide) groups is 1. The van der Waals surface area contributed by atoms with Crippen LogP contribution in [0.4, 0.5) is 0 Å². The number of ketones is 1. The molecule has 0 amide bonds. The molecule has 0 unspecified atom stereocenters. The Hall–Kier alpha value is -2.00. The summed E-state index contributed by atoms with van der Waals surface area (Å²) >= 11 is 1.46. The molecule has 0 aromatic heterocycles. The third-order valence-corrected chi connectivity index (χ3v) is 4.31. The topological polar surface area (TPSA) is 43.1 Å². The zero-order valence-electron chi connectivity index (χ0n) is 10.5. The van der Waals surface area contributed by atoms with E-state index in [4.69, 9.17) is 5.73 Å². The van der Waals surface area contributed by atoms with Crippen LogP contribution >= 0.6 is 11.8 Å². The van der Waals surface area contributed by atoms with Crippen LogP contribution in [0.3, 0.4) is 0 Å². The summed E-state index contributed by atoms with van der Waals surface area (Å²) in [4.78, 5) is 14.0. The molecule has 19 heavy (non-hydrogen) atoms. The molecule has 1 heterocycles. The molecule has 0 fully saturated rings. The van der Waals surface area contributed by atoms with E-state index < -0.39 is 0 Å². The lowest BCUT2D eigenvalue weighted by atomic mass is 10.1. The molecule has 0 saturated carbocycles. The van der Waals surface area contributed by atoms with E-state index in [2.05, 4.69) is 0 Å². The predicted molar refractivity (Wildman–Crippen MR) is 78.9 cm³/mol. The van der Waals surface area contributed by atoms with Gasteiger partial charge in [0.15, 0.2) is 0 Å². The van der Waals surface area contributed by atoms with Crippen LogP contribution < -0.4 is 5.73 Å². The summed E-state index contributed by atoms with van der Waals surface area (Å²) in [5.41, 5.74) is 9.53. The van der Waals surface area contributed by atoms with Gasteiger partial charge in [0.05, 0.1) is 10.6 Å². The Morgan fingerprint density at radius 1 is 1.11 bits per heavy atom. The number of rotatable bonds is 1. The van der Waals surface area contributed by atoms with Gasteiger partial charge in [0.1, 0.15) is 0 Å². The number of fused-ring (bicyclic) bond motifs is 1. The summed E-state index contributed by atoms with van der Waals surface area (Å²) < 4.78 is 0. The van der Waals surface area contributed by atoms with E-state index in [1.165, 1.54) is 11.8 Å². The predicted octanol–water partition coefficient (Wildman–Crippen LogP) is 3.61. The van der Waals surface area contributed by atoms with Crippen LogP contribution in [-0.2, 0) is 0 Å². The van der Waals surface area contributed by atoms with Gasteiger partial charge in [-0.1, -0.05) is 47.7 Å². The molecule has 0 saturated heterocycles. The molecular weight excluding hydrogens is 254 g/mol. The standard InChI is InChI=1S/C16H13NOS/c1-10-5-4-6-11(9-10)14(17)16-15(18)12-7-2-3-8-13(12)19-16/h2-9H,17H2,1H3/b16-14+. The maximum Gasteiger partial charge on any atom is 0.202 e. The molecule has 2 nitrogen and oxygen atoms in total. The number of Topliss-reactive ketones (excluding diaryl/α,β-unsaturated/α-hetero) is 1. The van der Waals surface area contributed by atoms with Gasteiger partial charge in [-0.05, 0) is 30.7 Å². The van der Waals surface area contributed by atoms with E-state index in [0.29, 0.717) is 10.6 Å². The van der Waals surface area contributed by atoms with Gasteiger partial charge in [-0.3, -0.25) is 4.79 Å². The van der Waals surface area contributed by atoms with Crippen LogP contribution in [0.25, 0.3) is 5.70 Å². The van der Waals surface area contributed by atoms with Gasteiger partial charge in [0.25, 0.3) is 0 Å². The summed E-state index contributed by atoms with van der Waals surface area (Å²) in [5.74, 6) is 0.0274. The lowest BCUT2D eigenvalue weighted by Gasteiger charge is -2.05. The zero-order chi connectivity index (χ0) is 13.4. The normalized spacial score (nSPS) is 16.4. The Morgan fingerprint density at radius 2 is 1.89 bits per heavy atom. The van der Waals surface area contributed by atoms with Crippen LogP contribution in [0.15, 0.2) is 58.3 Å². The molecule has 0 atom stereocenters. The van der Waals surface area contributed by atoms with Crippen molar-refractivity contribution in [2.45, 2.75) is 11.8 Å². The van der Waals surface area contributed by atoms with Crippen molar-refractivity contribution in [2.75, 3.05) is 0 Å². The fourth-order valence-electron chi connectivity index (χ4n) is 2.14. The van der Waals surface area contributed by atoms with Gasteiger partial charge in [-0.2, -0.15) is 0 Å². The van der Waals surface area contributed by atoms with E-state index in [-0.39, 0.29) is 5.78 Å². The van der Waals surface area contributed by atoms with Gasteiger partial charge in [0.2, 0.25) is 5.78 Å². The quantitative estimate of drug-likeness (QED) is 0.803. The second-order valence-electron chi connectivity index (χ2n) is 4.54. The smallest absolute Gasteiger partial charge is 0.202 e. The van der Waals surface area contributed by atoms with Gasteiger partial charge in [-0.25, -0.2) is 0 Å². The molecule has 1 aliphatic rings. The first kappa shape index (κ1) is 12.1. The number of hydrogen-bond acceptors (Lipinski definition) is 3. The van der Waals surface area contributed by atoms with Gasteiger partial charge >= 0.3 is 0 Å². The maximum atomic E-state index is 12.3. The van der Waals surface area contributed by atoms with Crippen LogP contribution in [0, 0.1) is 6.92 Å². The monoisotopic (exact) mass is 267 g/mol. The highest BCUT2D eigenvalue weighted by Gasteiger charge is 2.27. The SMILES string of the molecule is Cc1cccc(/C(N)=C2\Sc3ccccc3C2=O)c1. The number of carbonyl (C=O) groups is 1. The number of hydrogen-bond donors (Lipinski definition) is 1. The molecule has 2 aromatic carbocycles. The minimum Gasteiger partial charge on any atom is -0.397 e. The summed E-state index contributed by atoms with van der Waals surface area (Å²) in [6, 6.07) is 15.5. The molecule has 3 heteroatoms. The minimum absolute atomic E-state index is 0.0274. The Morgan fingerprint density at radius 3 is 2.63 bits per heavy atom. The highest BCUT2D eigenvalue weighted by Crippen LogP contribution is 2.42. The summed E-state index contributed by atoms with van der Waals surface area (Å²) in [6.07, 6.45) is 0. The molecule has 0 bridgehead atoms. The number of aryl methyl sites for hydroxylation is 1. The molecular formula is C16H13NOS. The number of carbonyl (C=O) groups excluding carboxylic acids is 1. The van der Waals surface area contributed by atoms with Gasteiger partial charge in [0, 0.05) is 10.5 Å². The van der Waals surface area contributed by atoms with Crippen LogP contribution in [0.2, 0.25) is 0 Å². The second kappa shape index (κ2) is 4.59. The average Bonchev–Trinajstić information content (AvgIpc) is 2.76. The van der Waals surface area contributed by atoms with Gasteiger partial charge in [-0.15, -0.1) is 0 Å². The maximum absolute atomic E-state index is 12.3. The molecule has 94 valence electrons. The van der Waals surface area contributed by atoms with Crippen LogP contribution in [-0.4, -0.2) is 5.78 Å². The number of benzene rings is 2. The molecule has 1 aliphatic heterocycles. The van der Waals surface area contributed by atoms with E-state index in [1.807, 2.05) is 55.5 Å². The summed E-state index contributed by atoms with van der Waals surface area (Å²) in [7, 11) is 0. The molecule has 0 aliphatic carbocycles. The van der Waals surface area contributed by atoms with Gasteiger partial charge < -0.3 is 5.73 Å². The Balaban J connectivity index is 2.09. The molecule has 2 aromatic rings. The lowest BCUT2D eigenvalue weighted by Crippen LogP contribution is -2.04. The fourth-order valence-corrected chi connectivity index (χ4v) is 3.21. The van der Waals surface area contributed by atoms with Crippen LogP contribution in [0.1, 0.15) is 21.5 Å². The third-order valence-electron chi connectivity index (χ3n) is 3.12. The van der Waals surface area contributed by atoms with E-state index in [1.54, 1.807) is 0 Å². The van der Waals surface area contributed by atoms with Crippen LogP contribution in [0.5, 0.6) is 0 Å². The molecule has 3 rings (SSSR count). The van der Waals surface area contributed by atoms with E-state index >= 15 is 0 Å². The van der Waals surface area contributed by atoms with Crippen molar-refractivity contribution >= 4 is 23.2 Å². The first-order valence-corrected chi connectivity index (χ1v) is 6.87. The highest BCUT2D eigenvalue weighted by molar-refractivity contribution is 8.05.